The van der Waals surface area contributed by atoms with E-state index in [-0.39, 0.29) is 17.4 Å². The zero-order valence-corrected chi connectivity index (χ0v) is 15.9. The van der Waals surface area contributed by atoms with Crippen LogP contribution < -0.4 is 15.6 Å². The molecule has 0 unspecified atom stereocenters. The third-order valence-electron chi connectivity index (χ3n) is 4.17. The fraction of sp³-hybridized carbons (Fsp3) is 0.263. The van der Waals surface area contributed by atoms with Crippen LogP contribution in [-0.4, -0.2) is 28.0 Å². The Morgan fingerprint density at radius 1 is 1.22 bits per heavy atom. The van der Waals surface area contributed by atoms with Gasteiger partial charge in [0.15, 0.2) is 0 Å². The van der Waals surface area contributed by atoms with Crippen molar-refractivity contribution in [3.63, 3.8) is 0 Å². The Bertz CT molecular complexity index is 1050. The van der Waals surface area contributed by atoms with Gasteiger partial charge in [-0.1, -0.05) is 42.8 Å². The van der Waals surface area contributed by atoms with Crippen molar-refractivity contribution in [2.45, 2.75) is 19.9 Å². The number of ether oxygens (including phenoxy) is 1. The van der Waals surface area contributed by atoms with E-state index in [0.717, 1.165) is 4.68 Å². The van der Waals surface area contributed by atoms with Crippen molar-refractivity contribution in [3.05, 3.63) is 57.8 Å². The number of nitrogens with one attached hydrogen (secondary N) is 1. The lowest BCUT2D eigenvalue weighted by molar-refractivity contribution is -0.120. The maximum Gasteiger partial charge on any atom is 0.278 e. The molecular formula is C19H19ClN4O3. The van der Waals surface area contributed by atoms with E-state index in [1.165, 1.54) is 7.11 Å². The van der Waals surface area contributed by atoms with Gasteiger partial charge in [0.2, 0.25) is 5.91 Å². The molecule has 0 bridgehead atoms. The molecule has 0 aliphatic rings. The minimum Gasteiger partial charge on any atom is -0.495 e. The van der Waals surface area contributed by atoms with Gasteiger partial charge in [-0.15, -0.1) is 5.10 Å². The lowest BCUT2D eigenvalue weighted by Crippen LogP contribution is -2.38. The highest BCUT2D eigenvalue weighted by molar-refractivity contribution is 6.32. The van der Waals surface area contributed by atoms with Gasteiger partial charge in [-0.05, 0) is 36.2 Å². The lowest BCUT2D eigenvalue weighted by Gasteiger charge is -2.21. The van der Waals surface area contributed by atoms with Crippen LogP contribution in [0.3, 0.4) is 0 Å². The number of rotatable bonds is 5. The minimum atomic E-state index is -0.824. The predicted molar refractivity (Wildman–Crippen MR) is 104 cm³/mol. The average Bonchev–Trinajstić information content (AvgIpc) is 2.64. The molecule has 1 heterocycles. The Kier molecular flexibility index (Phi) is 5.41. The second-order valence-electron chi connectivity index (χ2n) is 6.38. The maximum absolute atomic E-state index is 12.9. The molecule has 7 nitrogen and oxygen atoms in total. The second-order valence-corrected chi connectivity index (χ2v) is 6.79. The van der Waals surface area contributed by atoms with Crippen LogP contribution in [-0.2, 0) is 4.79 Å². The van der Waals surface area contributed by atoms with Crippen molar-refractivity contribution in [1.29, 1.82) is 0 Å². The van der Waals surface area contributed by atoms with Gasteiger partial charge in [0.25, 0.3) is 5.56 Å². The summed E-state index contributed by atoms with van der Waals surface area (Å²) in [6.07, 6.45) is 0. The summed E-state index contributed by atoms with van der Waals surface area (Å²) in [4.78, 5) is 25.7. The first kappa shape index (κ1) is 18.8. The van der Waals surface area contributed by atoms with Gasteiger partial charge in [0, 0.05) is 5.69 Å². The van der Waals surface area contributed by atoms with Crippen molar-refractivity contribution in [1.82, 2.24) is 15.0 Å². The lowest BCUT2D eigenvalue weighted by atomic mass is 10.0. The Labute approximate surface area is 160 Å². The first-order valence-corrected chi connectivity index (χ1v) is 8.79. The number of carbonyl (C=O) groups excluding carboxylic acids is 1. The average molecular weight is 387 g/mol. The number of anilines is 1. The topological polar surface area (TPSA) is 86.1 Å². The summed E-state index contributed by atoms with van der Waals surface area (Å²) in [7, 11) is 1.51. The van der Waals surface area contributed by atoms with E-state index >= 15 is 0 Å². The summed E-state index contributed by atoms with van der Waals surface area (Å²) in [5.41, 5.74) is 0.629. The zero-order valence-electron chi connectivity index (χ0n) is 15.1. The first-order chi connectivity index (χ1) is 12.9. The fourth-order valence-electron chi connectivity index (χ4n) is 2.84. The van der Waals surface area contributed by atoms with E-state index in [0.29, 0.717) is 27.4 Å². The zero-order chi connectivity index (χ0) is 19.6. The molecule has 3 aromatic rings. The molecule has 0 aliphatic heterocycles. The highest BCUT2D eigenvalue weighted by Crippen LogP contribution is 2.28. The van der Waals surface area contributed by atoms with Crippen molar-refractivity contribution in [2.75, 3.05) is 12.4 Å². The van der Waals surface area contributed by atoms with E-state index in [2.05, 4.69) is 15.6 Å². The number of carbonyl (C=O) groups is 1. The van der Waals surface area contributed by atoms with Crippen LogP contribution in [0.1, 0.15) is 19.9 Å². The molecule has 0 saturated heterocycles. The van der Waals surface area contributed by atoms with Crippen molar-refractivity contribution in [2.24, 2.45) is 5.92 Å². The van der Waals surface area contributed by atoms with Crippen LogP contribution in [0, 0.1) is 5.92 Å². The third kappa shape index (κ3) is 3.78. The highest BCUT2D eigenvalue weighted by atomic mass is 35.5. The number of fused-ring (bicyclic) bond motifs is 1. The molecule has 1 N–H and O–H groups in total. The summed E-state index contributed by atoms with van der Waals surface area (Å²) in [6, 6.07) is 11.0. The number of benzene rings is 2. The molecule has 0 aliphatic carbocycles. The molecule has 0 saturated carbocycles. The summed E-state index contributed by atoms with van der Waals surface area (Å²) < 4.78 is 6.24. The summed E-state index contributed by atoms with van der Waals surface area (Å²) in [5, 5.41) is 11.6. The number of methoxy groups -OCH3 is 1. The van der Waals surface area contributed by atoms with E-state index in [1.54, 1.807) is 42.5 Å². The number of aromatic nitrogens is 3. The van der Waals surface area contributed by atoms with Crippen molar-refractivity contribution >= 4 is 34.1 Å². The van der Waals surface area contributed by atoms with E-state index < -0.39 is 6.04 Å². The Morgan fingerprint density at radius 3 is 2.63 bits per heavy atom. The van der Waals surface area contributed by atoms with Crippen LogP contribution in [0.2, 0.25) is 5.02 Å². The van der Waals surface area contributed by atoms with Gasteiger partial charge >= 0.3 is 0 Å². The van der Waals surface area contributed by atoms with Gasteiger partial charge in [0.05, 0.1) is 17.5 Å². The summed E-state index contributed by atoms with van der Waals surface area (Å²) >= 11 is 6.11. The van der Waals surface area contributed by atoms with E-state index in [9.17, 15) is 9.59 Å². The number of hydrogen-bond donors (Lipinski definition) is 1. The van der Waals surface area contributed by atoms with Crippen LogP contribution in [0.5, 0.6) is 5.75 Å². The molecule has 27 heavy (non-hydrogen) atoms. The SMILES string of the molecule is COc1ccc(NC(=O)[C@H](C(C)C)n2nnc3ccccc3c2=O)cc1Cl. The van der Waals surface area contributed by atoms with E-state index in [1.807, 2.05) is 13.8 Å². The maximum atomic E-state index is 12.9. The van der Waals surface area contributed by atoms with Gasteiger partial charge in [-0.3, -0.25) is 9.59 Å². The third-order valence-corrected chi connectivity index (χ3v) is 4.47. The molecule has 2 aromatic carbocycles. The van der Waals surface area contributed by atoms with E-state index in [4.69, 9.17) is 16.3 Å². The molecule has 0 radical (unpaired) electrons. The molecule has 1 aromatic heterocycles. The summed E-state index contributed by atoms with van der Waals surface area (Å²) in [6.45, 7) is 3.68. The monoisotopic (exact) mass is 386 g/mol. The van der Waals surface area contributed by atoms with Gasteiger partial charge < -0.3 is 10.1 Å². The number of halogens is 1. The Morgan fingerprint density at radius 2 is 1.96 bits per heavy atom. The van der Waals surface area contributed by atoms with Gasteiger partial charge in [-0.25, -0.2) is 0 Å². The Hall–Kier alpha value is -2.93. The normalized spacial score (nSPS) is 12.2. The Balaban J connectivity index is 1.96. The van der Waals surface area contributed by atoms with Crippen molar-refractivity contribution < 1.29 is 9.53 Å². The molecule has 8 heteroatoms. The quantitative estimate of drug-likeness (QED) is 0.727. The molecule has 1 atom stereocenters. The van der Waals surface area contributed by atoms with Crippen LogP contribution >= 0.6 is 11.6 Å². The van der Waals surface area contributed by atoms with Crippen LogP contribution in [0.25, 0.3) is 10.9 Å². The second kappa shape index (κ2) is 7.75. The predicted octanol–water partition coefficient (Wildman–Crippen LogP) is 3.29. The number of hydrogen-bond acceptors (Lipinski definition) is 5. The minimum absolute atomic E-state index is 0.188. The number of amides is 1. The molecule has 1 amide bonds. The first-order valence-electron chi connectivity index (χ1n) is 8.41. The van der Waals surface area contributed by atoms with Crippen LogP contribution in [0.15, 0.2) is 47.3 Å². The van der Waals surface area contributed by atoms with Crippen LogP contribution in [0.4, 0.5) is 5.69 Å². The smallest absolute Gasteiger partial charge is 0.278 e. The fourth-order valence-corrected chi connectivity index (χ4v) is 3.10. The summed E-state index contributed by atoms with van der Waals surface area (Å²) in [5.74, 6) is -0.0588. The standard InChI is InChI=1S/C19H19ClN4O3/c1-11(2)17(18(25)21-12-8-9-16(27-3)14(20)10-12)24-19(26)13-6-4-5-7-15(13)22-23-24/h4-11,17H,1-3H3,(H,21,25)/t17-/m0/s1. The molecular weight excluding hydrogens is 368 g/mol. The molecule has 140 valence electrons. The largest absolute Gasteiger partial charge is 0.495 e. The molecule has 0 fully saturated rings. The number of nitrogens with zero attached hydrogens (tertiary/aromatic N) is 3. The molecule has 0 spiro atoms. The van der Waals surface area contributed by atoms with Crippen molar-refractivity contribution in [3.8, 4) is 5.75 Å². The highest BCUT2D eigenvalue weighted by Gasteiger charge is 2.27. The van der Waals surface area contributed by atoms with Gasteiger partial charge in [-0.2, -0.15) is 4.68 Å². The van der Waals surface area contributed by atoms with Gasteiger partial charge in [0.1, 0.15) is 17.3 Å². The molecule has 3 rings (SSSR count).